The first-order chi connectivity index (χ1) is 11.8. The molecule has 0 unspecified atom stereocenters. The Labute approximate surface area is 157 Å². The van der Waals surface area contributed by atoms with Gasteiger partial charge in [0.15, 0.2) is 0 Å². The van der Waals surface area contributed by atoms with Gasteiger partial charge >= 0.3 is 0 Å². The third-order valence-corrected chi connectivity index (χ3v) is 5.42. The normalized spacial score (nSPS) is 15.7. The van der Waals surface area contributed by atoms with Crippen molar-refractivity contribution in [3.63, 3.8) is 0 Å². The van der Waals surface area contributed by atoms with Gasteiger partial charge in [-0.3, -0.25) is 4.18 Å². The molecule has 3 nitrogen and oxygen atoms in total. The zero-order valence-electron chi connectivity index (χ0n) is 17.1. The van der Waals surface area contributed by atoms with Crippen LogP contribution in [0.4, 0.5) is 0 Å². The largest absolute Gasteiger partial charge is 0.267 e. The van der Waals surface area contributed by atoms with Crippen molar-refractivity contribution < 1.29 is 12.6 Å². The van der Waals surface area contributed by atoms with E-state index < -0.39 is 10.1 Å². The number of unbranched alkanes of at least 4 members (excludes halogenated alkanes) is 6. The van der Waals surface area contributed by atoms with Crippen LogP contribution in [0.3, 0.4) is 0 Å². The number of rotatable bonds is 17. The van der Waals surface area contributed by atoms with Crippen LogP contribution in [0.5, 0.6) is 0 Å². The van der Waals surface area contributed by atoms with Gasteiger partial charge in [0.05, 0.1) is 12.4 Å². The Hall–Kier alpha value is -0.350. The summed E-state index contributed by atoms with van der Waals surface area (Å²) < 4.78 is 28.5. The van der Waals surface area contributed by atoms with E-state index in [0.717, 1.165) is 32.1 Å². The van der Waals surface area contributed by atoms with Crippen LogP contribution in [0.1, 0.15) is 97.8 Å². The lowest BCUT2D eigenvalue weighted by Gasteiger charge is -2.23. The molecule has 0 aliphatic rings. The fourth-order valence-corrected chi connectivity index (χ4v) is 4.07. The van der Waals surface area contributed by atoms with E-state index in [0.29, 0.717) is 11.8 Å². The van der Waals surface area contributed by atoms with Crippen LogP contribution in [0.2, 0.25) is 0 Å². The predicted molar refractivity (Wildman–Crippen MR) is 109 cm³/mol. The molecule has 0 aliphatic heterocycles. The molecule has 0 aromatic rings. The summed E-state index contributed by atoms with van der Waals surface area (Å²) in [6.45, 7) is 10.4. The zero-order chi connectivity index (χ0) is 19.1. The zero-order valence-corrected chi connectivity index (χ0v) is 18.0. The Morgan fingerprint density at radius 1 is 0.920 bits per heavy atom. The van der Waals surface area contributed by atoms with Crippen LogP contribution >= 0.6 is 0 Å². The van der Waals surface area contributed by atoms with Gasteiger partial charge in [-0.15, -0.1) is 6.58 Å². The van der Waals surface area contributed by atoms with Gasteiger partial charge in [-0.1, -0.05) is 78.2 Å². The summed E-state index contributed by atoms with van der Waals surface area (Å²) in [7, 11) is -3.38. The molecule has 0 saturated heterocycles. The number of allylic oxidation sites excluding steroid dienone is 1. The molecule has 0 spiro atoms. The standard InChI is InChI=1S/C21H42O3S/c1-6-8-10-11-12-13-14-16-20(4)18-21(24-25(5,22)23)17-19(3)15-9-7-2/h6,19-21H,1,7-18H2,2-5H3/t19-,20+,21-/m1/s1. The first-order valence-corrected chi connectivity index (χ1v) is 12.1. The van der Waals surface area contributed by atoms with Crippen molar-refractivity contribution in [3.05, 3.63) is 12.7 Å². The van der Waals surface area contributed by atoms with E-state index in [4.69, 9.17) is 4.18 Å². The molecule has 3 atom stereocenters. The molecule has 25 heavy (non-hydrogen) atoms. The van der Waals surface area contributed by atoms with Crippen molar-refractivity contribution in [1.82, 2.24) is 0 Å². The fraction of sp³-hybridized carbons (Fsp3) is 0.905. The molecular formula is C21H42O3S. The molecule has 0 bridgehead atoms. The molecular weight excluding hydrogens is 332 g/mol. The van der Waals surface area contributed by atoms with Crippen molar-refractivity contribution in [2.24, 2.45) is 11.8 Å². The highest BCUT2D eigenvalue weighted by Gasteiger charge is 2.21. The number of hydrogen-bond donors (Lipinski definition) is 0. The average molecular weight is 375 g/mol. The van der Waals surface area contributed by atoms with Gasteiger partial charge in [0, 0.05) is 0 Å². The van der Waals surface area contributed by atoms with Gasteiger partial charge in [0.2, 0.25) is 0 Å². The van der Waals surface area contributed by atoms with E-state index in [1.54, 1.807) is 0 Å². The fourth-order valence-electron chi connectivity index (χ4n) is 3.42. The summed E-state index contributed by atoms with van der Waals surface area (Å²) in [5, 5.41) is 0. The lowest BCUT2D eigenvalue weighted by molar-refractivity contribution is 0.146. The van der Waals surface area contributed by atoms with Gasteiger partial charge in [0.25, 0.3) is 10.1 Å². The van der Waals surface area contributed by atoms with Crippen LogP contribution in [0, 0.1) is 11.8 Å². The van der Waals surface area contributed by atoms with Crippen molar-refractivity contribution in [2.75, 3.05) is 6.26 Å². The van der Waals surface area contributed by atoms with Gasteiger partial charge in [-0.2, -0.15) is 8.42 Å². The van der Waals surface area contributed by atoms with Crippen LogP contribution < -0.4 is 0 Å². The lowest BCUT2D eigenvalue weighted by Crippen LogP contribution is -2.23. The summed E-state index contributed by atoms with van der Waals surface area (Å²) >= 11 is 0. The Bertz CT molecular complexity index is 417. The van der Waals surface area contributed by atoms with Crippen molar-refractivity contribution in [2.45, 2.75) is 104 Å². The molecule has 0 aliphatic carbocycles. The number of hydrogen-bond acceptors (Lipinski definition) is 3. The van der Waals surface area contributed by atoms with E-state index in [2.05, 4.69) is 27.4 Å². The maximum absolute atomic E-state index is 11.6. The Kier molecular flexibility index (Phi) is 14.6. The summed E-state index contributed by atoms with van der Waals surface area (Å²) in [6, 6.07) is 0. The third kappa shape index (κ3) is 16.8. The van der Waals surface area contributed by atoms with Gasteiger partial charge in [-0.05, 0) is 37.5 Å². The molecule has 0 N–H and O–H groups in total. The quantitative estimate of drug-likeness (QED) is 0.166. The molecule has 0 saturated carbocycles. The second-order valence-corrected chi connectivity index (χ2v) is 9.48. The molecule has 4 heteroatoms. The van der Waals surface area contributed by atoms with Crippen LogP contribution in [0.25, 0.3) is 0 Å². The molecule has 0 rings (SSSR count). The monoisotopic (exact) mass is 374 g/mol. The van der Waals surface area contributed by atoms with E-state index >= 15 is 0 Å². The van der Waals surface area contributed by atoms with Crippen LogP contribution in [0.15, 0.2) is 12.7 Å². The minimum absolute atomic E-state index is 0.163. The van der Waals surface area contributed by atoms with Crippen LogP contribution in [-0.2, 0) is 14.3 Å². The van der Waals surface area contributed by atoms with Gasteiger partial charge in [-0.25, -0.2) is 0 Å². The maximum atomic E-state index is 11.6. The lowest BCUT2D eigenvalue weighted by atomic mass is 9.90. The van der Waals surface area contributed by atoms with Crippen molar-refractivity contribution in [3.8, 4) is 0 Å². The Morgan fingerprint density at radius 3 is 1.96 bits per heavy atom. The minimum atomic E-state index is -3.38. The second kappa shape index (κ2) is 14.8. The first kappa shape index (κ1) is 24.7. The first-order valence-electron chi connectivity index (χ1n) is 10.3. The van der Waals surface area contributed by atoms with Crippen molar-refractivity contribution in [1.29, 1.82) is 0 Å². The smallest absolute Gasteiger partial charge is 0.264 e. The van der Waals surface area contributed by atoms with Crippen LogP contribution in [-0.4, -0.2) is 20.8 Å². The van der Waals surface area contributed by atoms with Gasteiger partial charge < -0.3 is 0 Å². The SMILES string of the molecule is C=CCCCCCCC[C@H](C)C[C@@H](C[C@H](C)CCCC)OS(C)(=O)=O. The average Bonchev–Trinajstić information content (AvgIpc) is 2.50. The Balaban J connectivity index is 4.17. The summed E-state index contributed by atoms with van der Waals surface area (Å²) in [5.41, 5.74) is 0. The molecule has 0 aromatic heterocycles. The minimum Gasteiger partial charge on any atom is -0.267 e. The summed E-state index contributed by atoms with van der Waals surface area (Å²) in [6.07, 6.45) is 16.8. The Morgan fingerprint density at radius 2 is 1.44 bits per heavy atom. The highest BCUT2D eigenvalue weighted by Crippen LogP contribution is 2.24. The van der Waals surface area contributed by atoms with E-state index in [1.165, 1.54) is 51.2 Å². The van der Waals surface area contributed by atoms with E-state index in [-0.39, 0.29) is 6.10 Å². The second-order valence-electron chi connectivity index (χ2n) is 7.88. The molecule has 0 fully saturated rings. The molecule has 0 radical (unpaired) electrons. The maximum Gasteiger partial charge on any atom is 0.264 e. The molecule has 0 aromatic carbocycles. The molecule has 0 amide bonds. The molecule has 0 heterocycles. The topological polar surface area (TPSA) is 43.4 Å². The highest BCUT2D eigenvalue weighted by atomic mass is 32.2. The summed E-state index contributed by atoms with van der Waals surface area (Å²) in [4.78, 5) is 0. The van der Waals surface area contributed by atoms with E-state index in [9.17, 15) is 8.42 Å². The summed E-state index contributed by atoms with van der Waals surface area (Å²) in [5.74, 6) is 1.03. The van der Waals surface area contributed by atoms with Gasteiger partial charge in [0.1, 0.15) is 0 Å². The van der Waals surface area contributed by atoms with E-state index in [1.807, 2.05) is 6.08 Å². The highest BCUT2D eigenvalue weighted by molar-refractivity contribution is 7.86. The predicted octanol–water partition coefficient (Wildman–Crippen LogP) is 6.49. The van der Waals surface area contributed by atoms with Crippen molar-refractivity contribution >= 4 is 10.1 Å². The molecule has 150 valence electrons. The third-order valence-electron chi connectivity index (χ3n) is 4.80.